The number of nitrogens with one attached hydrogen (secondary N) is 1. The zero-order valence-electron chi connectivity index (χ0n) is 11.7. The van der Waals surface area contributed by atoms with Gasteiger partial charge in [-0.1, -0.05) is 29.8 Å². The van der Waals surface area contributed by atoms with Gasteiger partial charge in [-0.2, -0.15) is 0 Å². The van der Waals surface area contributed by atoms with E-state index in [0.717, 1.165) is 23.1 Å². The predicted octanol–water partition coefficient (Wildman–Crippen LogP) is 3.88. The van der Waals surface area contributed by atoms with Crippen LogP contribution in [0.2, 0.25) is 0 Å². The molecular weight excluding hydrogens is 309 g/mol. The molecule has 0 aliphatic heterocycles. The summed E-state index contributed by atoms with van der Waals surface area (Å²) in [6.07, 6.45) is 1.35. The van der Waals surface area contributed by atoms with Crippen molar-refractivity contribution >= 4 is 15.9 Å². The van der Waals surface area contributed by atoms with Crippen molar-refractivity contribution in [3.63, 3.8) is 0 Å². The summed E-state index contributed by atoms with van der Waals surface area (Å²) in [7, 11) is 0. The Bertz CT molecular complexity index is 450. The maximum absolute atomic E-state index is 13.2. The summed E-state index contributed by atoms with van der Waals surface area (Å²) in [4.78, 5) is 0. The van der Waals surface area contributed by atoms with Crippen molar-refractivity contribution in [3.8, 4) is 0 Å². The number of hydrogen-bond donors (Lipinski definition) is 1. The molecule has 0 amide bonds. The van der Waals surface area contributed by atoms with Crippen molar-refractivity contribution in [3.05, 3.63) is 34.1 Å². The molecule has 2 rings (SSSR count). The van der Waals surface area contributed by atoms with Gasteiger partial charge in [0.05, 0.1) is 6.10 Å². The second kappa shape index (κ2) is 5.90. The Morgan fingerprint density at radius 3 is 2.84 bits per heavy atom. The fourth-order valence-electron chi connectivity index (χ4n) is 2.63. The van der Waals surface area contributed by atoms with Gasteiger partial charge in [-0.05, 0) is 37.1 Å². The number of benzene rings is 1. The first-order valence-corrected chi connectivity index (χ1v) is 7.53. The van der Waals surface area contributed by atoms with Crippen LogP contribution in [0.3, 0.4) is 0 Å². The molecular formula is C15H21BrFNO. The third-order valence-electron chi connectivity index (χ3n) is 4.09. The minimum Gasteiger partial charge on any atom is -0.378 e. The number of halogens is 2. The molecule has 1 N–H and O–H groups in total. The molecule has 0 heterocycles. The van der Waals surface area contributed by atoms with Crippen LogP contribution in [0.5, 0.6) is 0 Å². The van der Waals surface area contributed by atoms with Crippen LogP contribution in [-0.2, 0) is 11.3 Å². The largest absolute Gasteiger partial charge is 0.378 e. The van der Waals surface area contributed by atoms with Crippen molar-refractivity contribution in [2.75, 3.05) is 6.61 Å². The lowest BCUT2D eigenvalue weighted by Gasteiger charge is -2.52. The highest BCUT2D eigenvalue weighted by molar-refractivity contribution is 9.10. The Hall–Kier alpha value is -0.450. The normalized spacial score (nSPS) is 25.1. The first-order chi connectivity index (χ1) is 8.95. The molecule has 0 spiro atoms. The third-order valence-corrected chi connectivity index (χ3v) is 4.87. The van der Waals surface area contributed by atoms with Gasteiger partial charge in [0.15, 0.2) is 0 Å². The van der Waals surface area contributed by atoms with E-state index in [2.05, 4.69) is 35.1 Å². The van der Waals surface area contributed by atoms with E-state index in [1.54, 1.807) is 12.1 Å². The molecule has 0 radical (unpaired) electrons. The van der Waals surface area contributed by atoms with Gasteiger partial charge in [-0.3, -0.25) is 0 Å². The Kier molecular flexibility index (Phi) is 4.64. The molecule has 4 heteroatoms. The summed E-state index contributed by atoms with van der Waals surface area (Å²) in [5.41, 5.74) is 1.09. The van der Waals surface area contributed by atoms with E-state index in [1.165, 1.54) is 6.07 Å². The molecule has 1 aliphatic carbocycles. The SMILES string of the molecule is CCOC1CC(NCc2cc(F)ccc2Br)C1(C)C. The number of rotatable bonds is 5. The fraction of sp³-hybridized carbons (Fsp3) is 0.600. The lowest BCUT2D eigenvalue weighted by atomic mass is 9.64. The van der Waals surface area contributed by atoms with E-state index < -0.39 is 0 Å². The van der Waals surface area contributed by atoms with Gasteiger partial charge in [0.25, 0.3) is 0 Å². The zero-order valence-corrected chi connectivity index (χ0v) is 13.3. The number of ether oxygens (including phenoxy) is 1. The Morgan fingerprint density at radius 1 is 1.47 bits per heavy atom. The molecule has 1 saturated carbocycles. The molecule has 19 heavy (non-hydrogen) atoms. The van der Waals surface area contributed by atoms with Crippen LogP contribution in [0, 0.1) is 11.2 Å². The highest BCUT2D eigenvalue weighted by Gasteiger charge is 2.48. The number of hydrogen-bond acceptors (Lipinski definition) is 2. The van der Waals surface area contributed by atoms with E-state index in [1.807, 2.05) is 6.92 Å². The van der Waals surface area contributed by atoms with E-state index in [9.17, 15) is 4.39 Å². The Morgan fingerprint density at radius 2 is 2.21 bits per heavy atom. The van der Waals surface area contributed by atoms with Crippen LogP contribution in [0.25, 0.3) is 0 Å². The fourth-order valence-corrected chi connectivity index (χ4v) is 3.01. The summed E-state index contributed by atoms with van der Waals surface area (Å²) < 4.78 is 19.9. The van der Waals surface area contributed by atoms with Gasteiger partial charge in [-0.25, -0.2) is 4.39 Å². The van der Waals surface area contributed by atoms with Gasteiger partial charge in [0, 0.05) is 29.1 Å². The van der Waals surface area contributed by atoms with Crippen LogP contribution in [0.4, 0.5) is 4.39 Å². The minimum absolute atomic E-state index is 0.135. The van der Waals surface area contributed by atoms with Gasteiger partial charge in [0.2, 0.25) is 0 Å². The van der Waals surface area contributed by atoms with Gasteiger partial charge in [0.1, 0.15) is 5.82 Å². The van der Waals surface area contributed by atoms with Crippen LogP contribution in [0.15, 0.2) is 22.7 Å². The monoisotopic (exact) mass is 329 g/mol. The second-order valence-corrected chi connectivity index (χ2v) is 6.52. The van der Waals surface area contributed by atoms with Crippen LogP contribution in [-0.4, -0.2) is 18.8 Å². The van der Waals surface area contributed by atoms with E-state index >= 15 is 0 Å². The van der Waals surface area contributed by atoms with Crippen molar-refractivity contribution in [1.29, 1.82) is 0 Å². The molecule has 1 aromatic rings. The Labute approximate surface area is 122 Å². The van der Waals surface area contributed by atoms with E-state index in [4.69, 9.17) is 4.74 Å². The highest BCUT2D eigenvalue weighted by atomic mass is 79.9. The molecule has 0 saturated heterocycles. The van der Waals surface area contributed by atoms with Crippen LogP contribution >= 0.6 is 15.9 Å². The lowest BCUT2D eigenvalue weighted by Crippen LogP contribution is -2.60. The molecule has 2 nitrogen and oxygen atoms in total. The summed E-state index contributed by atoms with van der Waals surface area (Å²) in [5, 5.41) is 3.51. The average Bonchev–Trinajstić information content (AvgIpc) is 2.36. The molecule has 0 bridgehead atoms. The average molecular weight is 330 g/mol. The molecule has 2 atom stereocenters. The van der Waals surface area contributed by atoms with Crippen molar-refractivity contribution in [1.82, 2.24) is 5.32 Å². The smallest absolute Gasteiger partial charge is 0.123 e. The minimum atomic E-state index is -0.194. The van der Waals surface area contributed by atoms with Crippen molar-refractivity contribution in [2.24, 2.45) is 5.41 Å². The molecule has 1 fully saturated rings. The van der Waals surface area contributed by atoms with Gasteiger partial charge >= 0.3 is 0 Å². The van der Waals surface area contributed by atoms with E-state index in [0.29, 0.717) is 18.7 Å². The molecule has 2 unspecified atom stereocenters. The predicted molar refractivity (Wildman–Crippen MR) is 78.5 cm³/mol. The molecule has 1 aromatic carbocycles. The van der Waals surface area contributed by atoms with Gasteiger partial charge < -0.3 is 10.1 Å². The first-order valence-electron chi connectivity index (χ1n) is 6.74. The molecule has 1 aliphatic rings. The summed E-state index contributed by atoms with van der Waals surface area (Å²) >= 11 is 3.45. The van der Waals surface area contributed by atoms with Crippen molar-refractivity contribution in [2.45, 2.75) is 45.9 Å². The molecule has 0 aromatic heterocycles. The summed E-state index contributed by atoms with van der Waals surface area (Å²) in [6, 6.07) is 5.20. The standard InChI is InChI=1S/C15H21BrFNO/c1-4-19-14-8-13(15(14,2)3)18-9-10-7-11(17)5-6-12(10)16/h5-7,13-14,18H,4,8-9H2,1-3H3. The van der Waals surface area contributed by atoms with Gasteiger partial charge in [-0.15, -0.1) is 0 Å². The van der Waals surface area contributed by atoms with Crippen LogP contribution in [0.1, 0.15) is 32.8 Å². The lowest BCUT2D eigenvalue weighted by molar-refractivity contribution is -0.114. The second-order valence-electron chi connectivity index (χ2n) is 5.67. The zero-order chi connectivity index (χ0) is 14.0. The van der Waals surface area contributed by atoms with Crippen molar-refractivity contribution < 1.29 is 9.13 Å². The third kappa shape index (κ3) is 3.18. The highest BCUT2D eigenvalue weighted by Crippen LogP contribution is 2.42. The van der Waals surface area contributed by atoms with Crippen LogP contribution < -0.4 is 5.32 Å². The van der Waals surface area contributed by atoms with E-state index in [-0.39, 0.29) is 11.2 Å². The Balaban J connectivity index is 1.92. The summed E-state index contributed by atoms with van der Waals surface area (Å²) in [5.74, 6) is -0.194. The first kappa shape index (κ1) is 14.9. The quantitative estimate of drug-likeness (QED) is 0.885. The molecule has 106 valence electrons. The summed E-state index contributed by atoms with van der Waals surface area (Å²) in [6.45, 7) is 7.90. The maximum atomic E-state index is 13.2. The maximum Gasteiger partial charge on any atom is 0.123 e. The topological polar surface area (TPSA) is 21.3 Å².